The van der Waals surface area contributed by atoms with E-state index in [2.05, 4.69) is 22.2 Å². The number of carbonyl (C=O) groups excluding carboxylic acids is 3. The first-order chi connectivity index (χ1) is 24.5. The minimum Gasteiger partial charge on any atom is -0.438 e. The number of nitrogens with two attached hydrogens (primary N) is 1. The highest BCUT2D eigenvalue weighted by Crippen LogP contribution is 2.44. The number of benzene rings is 2. The van der Waals surface area contributed by atoms with E-state index in [1.54, 1.807) is 18.2 Å². The van der Waals surface area contributed by atoms with Gasteiger partial charge in [0.2, 0.25) is 0 Å². The highest BCUT2D eigenvalue weighted by Gasteiger charge is 2.48. The summed E-state index contributed by atoms with van der Waals surface area (Å²) in [6.07, 6.45) is -11.8. The summed E-state index contributed by atoms with van der Waals surface area (Å²) in [7, 11) is 2.10. The first-order valence-electron chi connectivity index (χ1n) is 17.4. The Kier molecular flexibility index (Phi) is 9.24. The van der Waals surface area contributed by atoms with Crippen LogP contribution >= 0.6 is 0 Å². The molecule has 5 aliphatic heterocycles. The minimum atomic E-state index is -5.22. The van der Waals surface area contributed by atoms with E-state index in [1.807, 2.05) is 6.07 Å². The van der Waals surface area contributed by atoms with Crippen molar-refractivity contribution in [2.24, 2.45) is 0 Å². The lowest BCUT2D eigenvalue weighted by Crippen LogP contribution is -2.55. The molecule has 5 aliphatic rings. The number of fused-ring (bicyclic) bond motifs is 4. The number of piperidine rings is 2. The van der Waals surface area contributed by atoms with Gasteiger partial charge in [0.1, 0.15) is 5.60 Å². The molecule has 3 atom stereocenters. The van der Waals surface area contributed by atoms with E-state index in [0.29, 0.717) is 42.7 Å². The van der Waals surface area contributed by atoms with Crippen LogP contribution in [0.5, 0.6) is 0 Å². The number of likely N-dealkylation sites (N-methyl/N-ethyl adjacent to an activating group) is 1. The Morgan fingerprint density at radius 2 is 1.58 bits per heavy atom. The van der Waals surface area contributed by atoms with E-state index >= 15 is 0 Å². The largest absolute Gasteiger partial charge is 0.438 e. The van der Waals surface area contributed by atoms with Crippen molar-refractivity contribution in [1.29, 1.82) is 0 Å². The van der Waals surface area contributed by atoms with E-state index in [1.165, 1.54) is 9.80 Å². The van der Waals surface area contributed by atoms with Gasteiger partial charge in [0, 0.05) is 82.2 Å². The lowest BCUT2D eigenvalue weighted by Gasteiger charge is -2.44. The zero-order valence-corrected chi connectivity index (χ0v) is 28.4. The van der Waals surface area contributed by atoms with Crippen LogP contribution in [-0.2, 0) is 38.6 Å². The predicted octanol–water partition coefficient (Wildman–Crippen LogP) is 5.29. The molecule has 4 fully saturated rings. The van der Waals surface area contributed by atoms with Crippen molar-refractivity contribution in [1.82, 2.24) is 19.6 Å². The smallest absolute Gasteiger partial charge is 0.418 e. The normalized spacial score (nSPS) is 24.4. The summed E-state index contributed by atoms with van der Waals surface area (Å²) in [5, 5.41) is 2.65. The third-order valence-corrected chi connectivity index (χ3v) is 11.4. The maximum atomic E-state index is 14.0. The Labute approximate surface area is 295 Å². The lowest BCUT2D eigenvalue weighted by atomic mass is 9.82. The summed E-state index contributed by atoms with van der Waals surface area (Å²) in [5.41, 5.74) is 0.264. The second kappa shape index (κ2) is 13.3. The zero-order valence-electron chi connectivity index (χ0n) is 28.4. The van der Waals surface area contributed by atoms with Gasteiger partial charge in [0.15, 0.2) is 6.10 Å². The summed E-state index contributed by atoms with van der Waals surface area (Å²) in [5.74, 6) is -0.705. The van der Waals surface area contributed by atoms with E-state index in [9.17, 15) is 40.7 Å². The molecule has 0 radical (unpaired) electrons. The Bertz CT molecular complexity index is 1690. The van der Waals surface area contributed by atoms with Gasteiger partial charge in [-0.05, 0) is 50.1 Å². The number of anilines is 2. The molecule has 2 bridgehead atoms. The van der Waals surface area contributed by atoms with Crippen LogP contribution in [0.3, 0.4) is 0 Å². The molecule has 2 unspecified atom stereocenters. The number of hydrogen-bond acceptors (Lipinski definition) is 8. The lowest BCUT2D eigenvalue weighted by molar-refractivity contribution is -0.143. The predicted molar refractivity (Wildman–Crippen MR) is 175 cm³/mol. The second-order valence-corrected chi connectivity index (χ2v) is 14.5. The minimum absolute atomic E-state index is 0.0399. The molecule has 17 heteroatoms. The van der Waals surface area contributed by atoms with Gasteiger partial charge >= 0.3 is 24.5 Å². The van der Waals surface area contributed by atoms with Gasteiger partial charge in [-0.15, -0.1) is 0 Å². The zero-order chi connectivity index (χ0) is 37.2. The molecule has 0 aliphatic carbocycles. The number of amides is 3. The standard InChI is InChI=1S/C35H40F6N6O5/c1-44-18-23-17-22(44)19-47(23)21-6-10-45(11-7-21)30(48)28(16-20-14-25(34(36,37)38)29(42)26(15-20)35(39,40)41)51-32(50)46-12-8-33(9-13-46)24-4-2-3-5-27(24)43-31(49)52-33/h2-5,14-15,21-23,28H,6-13,16-19,42H2,1H3,(H,43,49)/t22?,23?,28-/m1/s1. The number of carbonyl (C=O) groups is 3. The van der Waals surface area contributed by atoms with Crippen molar-refractivity contribution in [2.75, 3.05) is 57.4 Å². The maximum Gasteiger partial charge on any atom is 0.418 e. The van der Waals surface area contributed by atoms with Crippen LogP contribution in [0.1, 0.15) is 54.4 Å². The molecular weight excluding hydrogens is 698 g/mol. The average Bonchev–Trinajstić information content (AvgIpc) is 3.67. The molecule has 0 aromatic heterocycles. The highest BCUT2D eigenvalue weighted by molar-refractivity contribution is 5.89. The Morgan fingerprint density at radius 3 is 2.15 bits per heavy atom. The second-order valence-electron chi connectivity index (χ2n) is 14.5. The first-order valence-corrected chi connectivity index (χ1v) is 17.4. The third kappa shape index (κ3) is 6.84. The molecular formula is C35H40F6N6O5. The summed E-state index contributed by atoms with van der Waals surface area (Å²) in [6.45, 7) is 2.55. The SMILES string of the molecule is CN1CC2CC1CN2C1CCN(C(=O)[C@@H](Cc2cc(C(F)(F)F)c(N)c(C(F)(F)F)c2)OC(=O)N2CCC3(CC2)OC(=O)Nc2ccccc23)CC1. The van der Waals surface area contributed by atoms with Crippen LogP contribution in [0.2, 0.25) is 0 Å². The average molecular weight is 739 g/mol. The molecule has 3 N–H and O–H groups in total. The molecule has 4 saturated heterocycles. The summed E-state index contributed by atoms with van der Waals surface area (Å²) < 4.78 is 94.8. The van der Waals surface area contributed by atoms with Crippen molar-refractivity contribution < 1.29 is 50.2 Å². The molecule has 2 aromatic carbocycles. The number of hydrogen-bond donors (Lipinski definition) is 2. The summed E-state index contributed by atoms with van der Waals surface area (Å²) in [4.78, 5) is 47.6. The van der Waals surface area contributed by atoms with E-state index in [0.717, 1.165) is 25.1 Å². The number of nitrogen functional groups attached to an aromatic ring is 1. The van der Waals surface area contributed by atoms with Gasteiger partial charge < -0.3 is 29.9 Å². The topological polar surface area (TPSA) is 121 Å². The molecule has 1 spiro atoms. The summed E-state index contributed by atoms with van der Waals surface area (Å²) in [6, 6.07) is 9.17. The van der Waals surface area contributed by atoms with Crippen LogP contribution in [-0.4, -0.2) is 108 Å². The highest BCUT2D eigenvalue weighted by atomic mass is 19.4. The van der Waals surface area contributed by atoms with Crippen molar-refractivity contribution in [3.8, 4) is 0 Å². The van der Waals surface area contributed by atoms with Crippen LogP contribution < -0.4 is 11.1 Å². The fraction of sp³-hybridized carbons (Fsp3) is 0.571. The number of piperazine rings is 1. The number of para-hydroxylation sites is 1. The Balaban J connectivity index is 1.10. The molecule has 3 amide bonds. The van der Waals surface area contributed by atoms with Gasteiger partial charge in [0.05, 0.1) is 22.5 Å². The molecule has 2 aromatic rings. The number of rotatable bonds is 5. The fourth-order valence-electron chi connectivity index (χ4n) is 8.63. The fourth-order valence-corrected chi connectivity index (χ4v) is 8.63. The number of likely N-dealkylation sites (tertiary alicyclic amines) is 4. The third-order valence-electron chi connectivity index (χ3n) is 11.4. The van der Waals surface area contributed by atoms with E-state index < -0.39 is 70.9 Å². The van der Waals surface area contributed by atoms with Gasteiger partial charge in [-0.1, -0.05) is 18.2 Å². The van der Waals surface area contributed by atoms with E-state index in [-0.39, 0.29) is 45.1 Å². The number of ether oxygens (including phenoxy) is 2. The Hall–Kier alpha value is -4.25. The molecule has 5 heterocycles. The number of alkyl halides is 6. The molecule has 11 nitrogen and oxygen atoms in total. The molecule has 282 valence electrons. The summed E-state index contributed by atoms with van der Waals surface area (Å²) >= 11 is 0. The molecule has 52 heavy (non-hydrogen) atoms. The van der Waals surface area contributed by atoms with Crippen molar-refractivity contribution >= 4 is 29.5 Å². The van der Waals surface area contributed by atoms with E-state index in [4.69, 9.17) is 15.2 Å². The monoisotopic (exact) mass is 738 g/mol. The van der Waals surface area contributed by atoms with Gasteiger partial charge in [-0.25, -0.2) is 9.59 Å². The molecule has 7 rings (SSSR count). The number of halogens is 6. The van der Waals surface area contributed by atoms with Crippen LogP contribution in [0.4, 0.5) is 47.3 Å². The first kappa shape index (κ1) is 36.1. The van der Waals surface area contributed by atoms with Gasteiger partial charge in [0.25, 0.3) is 5.91 Å². The molecule has 0 saturated carbocycles. The number of nitrogens with zero attached hydrogens (tertiary/aromatic N) is 4. The maximum absolute atomic E-state index is 14.0. The van der Waals surface area contributed by atoms with Gasteiger partial charge in [-0.2, -0.15) is 26.3 Å². The van der Waals surface area contributed by atoms with Gasteiger partial charge in [-0.3, -0.25) is 15.0 Å². The Morgan fingerprint density at radius 1 is 0.942 bits per heavy atom. The van der Waals surface area contributed by atoms with Crippen molar-refractivity contribution in [3.05, 3.63) is 58.7 Å². The number of nitrogens with one attached hydrogen (secondary N) is 1. The van der Waals surface area contributed by atoms with Crippen LogP contribution in [0.25, 0.3) is 0 Å². The van der Waals surface area contributed by atoms with Crippen LogP contribution in [0.15, 0.2) is 36.4 Å². The van der Waals surface area contributed by atoms with Crippen molar-refractivity contribution in [2.45, 2.75) is 80.7 Å². The quantitative estimate of drug-likeness (QED) is 0.314. The van der Waals surface area contributed by atoms with Crippen molar-refractivity contribution in [3.63, 3.8) is 0 Å². The van der Waals surface area contributed by atoms with Crippen LogP contribution in [0, 0.1) is 0 Å².